The first-order chi connectivity index (χ1) is 12.2. The number of nitrogens with one attached hydrogen (secondary N) is 1. The second-order valence-corrected chi connectivity index (χ2v) is 7.06. The Morgan fingerprint density at radius 1 is 1.00 bits per heavy atom. The summed E-state index contributed by atoms with van der Waals surface area (Å²) < 4.78 is 5.19. The highest BCUT2D eigenvalue weighted by Gasteiger charge is 2.28. The maximum atomic E-state index is 11.7. The minimum absolute atomic E-state index is 0.0543. The van der Waals surface area contributed by atoms with E-state index in [1.54, 1.807) is 0 Å². The highest BCUT2D eigenvalue weighted by atomic mass is 16.5. The van der Waals surface area contributed by atoms with Crippen molar-refractivity contribution in [2.24, 2.45) is 0 Å². The van der Waals surface area contributed by atoms with E-state index in [1.807, 2.05) is 0 Å². The van der Waals surface area contributed by atoms with Gasteiger partial charge >= 0.3 is 5.97 Å². The van der Waals surface area contributed by atoms with Crippen LogP contribution in [0.25, 0.3) is 0 Å². The molecule has 0 aromatic rings. The summed E-state index contributed by atoms with van der Waals surface area (Å²) in [4.78, 5) is 22.7. The van der Waals surface area contributed by atoms with Gasteiger partial charge in [0.25, 0.3) is 0 Å². The number of rotatable bonds is 15. The van der Waals surface area contributed by atoms with Gasteiger partial charge in [-0.25, -0.2) is 4.79 Å². The molecule has 4 nitrogen and oxygen atoms in total. The minimum Gasteiger partial charge on any atom is -0.464 e. The fraction of sp³-hybridized carbons (Fsp3) is 0.810. The van der Waals surface area contributed by atoms with Crippen LogP contribution in [0, 0.1) is 0 Å². The summed E-state index contributed by atoms with van der Waals surface area (Å²) in [6, 6.07) is -0.422. The van der Waals surface area contributed by atoms with E-state index in [-0.39, 0.29) is 11.9 Å². The van der Waals surface area contributed by atoms with Crippen LogP contribution in [0.15, 0.2) is 12.2 Å². The first-order valence-corrected chi connectivity index (χ1v) is 10.3. The molecule has 1 amide bonds. The first-order valence-electron chi connectivity index (χ1n) is 10.3. The molecule has 1 N–H and O–H groups in total. The van der Waals surface area contributed by atoms with E-state index in [0.717, 1.165) is 19.3 Å². The van der Waals surface area contributed by atoms with E-state index >= 15 is 0 Å². The lowest BCUT2D eigenvalue weighted by Crippen LogP contribution is -2.34. The Kier molecular flexibility index (Phi) is 13.0. The predicted octanol–water partition coefficient (Wildman–Crippen LogP) is 5.07. The van der Waals surface area contributed by atoms with Gasteiger partial charge in [-0.2, -0.15) is 0 Å². The molecule has 0 aromatic heterocycles. The van der Waals surface area contributed by atoms with E-state index < -0.39 is 6.04 Å². The van der Waals surface area contributed by atoms with Gasteiger partial charge in [-0.1, -0.05) is 70.4 Å². The number of allylic oxidation sites excluding steroid dienone is 2. The van der Waals surface area contributed by atoms with Crippen LogP contribution >= 0.6 is 0 Å². The molecule has 1 aliphatic heterocycles. The molecule has 0 unspecified atom stereocenters. The van der Waals surface area contributed by atoms with Gasteiger partial charge in [-0.3, -0.25) is 4.79 Å². The van der Waals surface area contributed by atoms with E-state index in [2.05, 4.69) is 24.4 Å². The number of hydrogen-bond donors (Lipinski definition) is 1. The molecule has 1 aliphatic rings. The fourth-order valence-corrected chi connectivity index (χ4v) is 3.07. The molecule has 4 heteroatoms. The van der Waals surface area contributed by atoms with Crippen molar-refractivity contribution in [2.75, 3.05) is 6.61 Å². The first kappa shape index (κ1) is 21.7. The summed E-state index contributed by atoms with van der Waals surface area (Å²) in [5.74, 6) is -0.342. The molecule has 0 bridgehead atoms. The number of ether oxygens (including phenoxy) is 1. The number of hydrogen-bond acceptors (Lipinski definition) is 3. The number of esters is 1. The van der Waals surface area contributed by atoms with Gasteiger partial charge in [0.2, 0.25) is 5.91 Å². The maximum Gasteiger partial charge on any atom is 0.328 e. The largest absolute Gasteiger partial charge is 0.464 e. The predicted molar refractivity (Wildman–Crippen MR) is 102 cm³/mol. The van der Waals surface area contributed by atoms with Crippen molar-refractivity contribution in [3.8, 4) is 0 Å². The summed E-state index contributed by atoms with van der Waals surface area (Å²) in [6.45, 7) is 2.70. The van der Waals surface area contributed by atoms with Crippen LogP contribution in [-0.4, -0.2) is 24.5 Å². The Morgan fingerprint density at radius 3 is 2.20 bits per heavy atom. The Labute approximate surface area is 153 Å². The van der Waals surface area contributed by atoms with Crippen LogP contribution in [0.2, 0.25) is 0 Å². The Balaban J connectivity index is 1.81. The molecular formula is C21H37NO3. The average molecular weight is 352 g/mol. The molecule has 25 heavy (non-hydrogen) atoms. The Hall–Kier alpha value is -1.32. The smallest absolute Gasteiger partial charge is 0.328 e. The quantitative estimate of drug-likeness (QED) is 0.255. The highest BCUT2D eigenvalue weighted by Crippen LogP contribution is 2.11. The van der Waals surface area contributed by atoms with Crippen LogP contribution in [0.1, 0.15) is 96.8 Å². The fourth-order valence-electron chi connectivity index (χ4n) is 3.07. The average Bonchev–Trinajstić information content (AvgIpc) is 3.04. The van der Waals surface area contributed by atoms with Gasteiger partial charge in [0, 0.05) is 6.42 Å². The number of unbranched alkanes of at least 4 members (excludes halogenated alkanes) is 10. The van der Waals surface area contributed by atoms with Crippen molar-refractivity contribution < 1.29 is 14.3 Å². The van der Waals surface area contributed by atoms with Crippen LogP contribution in [0.3, 0.4) is 0 Å². The van der Waals surface area contributed by atoms with E-state index in [4.69, 9.17) is 4.74 Å². The third-order valence-corrected chi connectivity index (χ3v) is 4.68. The number of amides is 1. The van der Waals surface area contributed by atoms with Crippen molar-refractivity contribution >= 4 is 11.9 Å². The zero-order valence-electron chi connectivity index (χ0n) is 16.1. The minimum atomic E-state index is -0.422. The molecule has 0 aliphatic carbocycles. The van der Waals surface area contributed by atoms with E-state index in [9.17, 15) is 9.59 Å². The van der Waals surface area contributed by atoms with Crippen LogP contribution in [-0.2, 0) is 14.3 Å². The topological polar surface area (TPSA) is 55.4 Å². The molecule has 1 heterocycles. The molecule has 1 saturated heterocycles. The zero-order chi connectivity index (χ0) is 18.2. The van der Waals surface area contributed by atoms with Crippen molar-refractivity contribution in [3.05, 3.63) is 12.2 Å². The Morgan fingerprint density at radius 2 is 1.60 bits per heavy atom. The lowest BCUT2D eigenvalue weighted by atomic mass is 10.1. The molecular weight excluding hydrogens is 314 g/mol. The Bertz CT molecular complexity index is 393. The third-order valence-electron chi connectivity index (χ3n) is 4.68. The molecule has 0 saturated carbocycles. The zero-order valence-corrected chi connectivity index (χ0v) is 16.1. The van der Waals surface area contributed by atoms with Crippen LogP contribution in [0.5, 0.6) is 0 Å². The summed E-state index contributed by atoms with van der Waals surface area (Å²) >= 11 is 0. The summed E-state index contributed by atoms with van der Waals surface area (Å²) in [6.07, 6.45) is 20.7. The van der Waals surface area contributed by atoms with Gasteiger partial charge in [0.1, 0.15) is 6.04 Å². The van der Waals surface area contributed by atoms with E-state index in [1.165, 1.54) is 57.8 Å². The second-order valence-electron chi connectivity index (χ2n) is 7.06. The molecule has 0 aromatic carbocycles. The van der Waals surface area contributed by atoms with Crippen LogP contribution in [0.4, 0.5) is 0 Å². The standard InChI is InChI=1S/C21H37NO3/c1-2-3-4-5-6-7-8-9-10-11-12-13-14-15-18-25-21(24)19-16-17-20(23)22-19/h12-13,19H,2-11,14-18H2,1H3,(H,22,23)/b13-12+/t19-/m0/s1. The van der Waals surface area contributed by atoms with Gasteiger partial charge in [-0.15, -0.1) is 0 Å². The number of carbonyl (C=O) groups is 2. The van der Waals surface area contributed by atoms with Crippen molar-refractivity contribution in [1.82, 2.24) is 5.32 Å². The van der Waals surface area contributed by atoms with Gasteiger partial charge in [0.15, 0.2) is 0 Å². The number of carbonyl (C=O) groups excluding carboxylic acids is 2. The SMILES string of the molecule is CCCCCCCCCCC/C=C/CCCOC(=O)[C@@H]1CCC(=O)N1. The summed E-state index contributed by atoms with van der Waals surface area (Å²) in [5.41, 5.74) is 0. The monoisotopic (exact) mass is 351 g/mol. The van der Waals surface area contributed by atoms with E-state index in [0.29, 0.717) is 19.4 Å². The molecule has 0 spiro atoms. The molecule has 1 rings (SSSR count). The molecule has 1 fully saturated rings. The summed E-state index contributed by atoms with van der Waals surface area (Å²) in [7, 11) is 0. The van der Waals surface area contributed by atoms with Crippen LogP contribution < -0.4 is 5.32 Å². The normalized spacial score (nSPS) is 17.2. The van der Waals surface area contributed by atoms with Gasteiger partial charge < -0.3 is 10.1 Å². The lowest BCUT2D eigenvalue weighted by molar-refractivity contribution is -0.146. The lowest BCUT2D eigenvalue weighted by Gasteiger charge is -2.09. The third kappa shape index (κ3) is 11.8. The highest BCUT2D eigenvalue weighted by molar-refractivity contribution is 5.87. The van der Waals surface area contributed by atoms with Gasteiger partial charge in [-0.05, 0) is 32.1 Å². The molecule has 1 atom stereocenters. The summed E-state index contributed by atoms with van der Waals surface area (Å²) in [5, 5.41) is 2.63. The molecule has 144 valence electrons. The van der Waals surface area contributed by atoms with Crippen molar-refractivity contribution in [2.45, 2.75) is 103 Å². The molecule has 0 radical (unpaired) electrons. The van der Waals surface area contributed by atoms with Gasteiger partial charge in [0.05, 0.1) is 6.61 Å². The maximum absolute atomic E-state index is 11.7. The van der Waals surface area contributed by atoms with Crippen molar-refractivity contribution in [1.29, 1.82) is 0 Å². The van der Waals surface area contributed by atoms with Crippen molar-refractivity contribution in [3.63, 3.8) is 0 Å². The second kappa shape index (κ2) is 15.0.